The number of aromatic nitrogens is 3. The summed E-state index contributed by atoms with van der Waals surface area (Å²) in [6.07, 6.45) is 11.0. The van der Waals surface area contributed by atoms with Crippen LogP contribution in [0.25, 0.3) is 17.5 Å². The number of hydrogen-bond donors (Lipinski definition) is 4. The van der Waals surface area contributed by atoms with Gasteiger partial charge in [-0.05, 0) is 56.8 Å². The van der Waals surface area contributed by atoms with Crippen LogP contribution in [0.15, 0.2) is 16.8 Å². The first-order valence-corrected chi connectivity index (χ1v) is 11.9. The summed E-state index contributed by atoms with van der Waals surface area (Å²) in [5.74, 6) is 1.17. The Kier molecular flexibility index (Phi) is 4.81. The number of carbonyl (C=O) groups is 1. The van der Waals surface area contributed by atoms with Gasteiger partial charge in [0.25, 0.3) is 17.6 Å². The zero-order chi connectivity index (χ0) is 22.7. The number of pyridine rings is 1. The smallest absolute Gasteiger partial charge is 0.292 e. The highest BCUT2D eigenvalue weighted by atomic mass is 16.5. The largest absolute Gasteiger partial charge is 0.392 e. The van der Waals surface area contributed by atoms with Crippen molar-refractivity contribution in [3.8, 4) is 11.5 Å². The predicted molar refractivity (Wildman–Crippen MR) is 120 cm³/mol. The summed E-state index contributed by atoms with van der Waals surface area (Å²) < 4.78 is 5.47. The van der Waals surface area contributed by atoms with E-state index in [9.17, 15) is 15.0 Å². The second-order valence-electron chi connectivity index (χ2n) is 10.4. The van der Waals surface area contributed by atoms with E-state index < -0.39 is 17.6 Å². The highest BCUT2D eigenvalue weighted by Crippen LogP contribution is 2.56. The molecule has 7 rings (SSSR count). The number of anilines is 1. The summed E-state index contributed by atoms with van der Waals surface area (Å²) in [7, 11) is 0. The van der Waals surface area contributed by atoms with E-state index in [1.54, 1.807) is 13.1 Å². The maximum atomic E-state index is 12.3. The SMILES string of the molecule is CC(O)CNC(=O)c1noc(-c2cnc3c(c2NC2[C@@H]4CC5C[C@H]2CC(O)(C5)C4)C=CC3)n1. The Morgan fingerprint density at radius 3 is 2.82 bits per heavy atom. The second kappa shape index (κ2) is 7.63. The van der Waals surface area contributed by atoms with Crippen LogP contribution in [-0.4, -0.2) is 55.5 Å². The molecule has 33 heavy (non-hydrogen) atoms. The molecule has 0 spiro atoms. The van der Waals surface area contributed by atoms with Gasteiger partial charge in [-0.3, -0.25) is 9.78 Å². The predicted octanol–water partition coefficient (Wildman–Crippen LogP) is 2.16. The number of aliphatic hydroxyl groups excluding tert-OH is 1. The Labute approximate surface area is 191 Å². The van der Waals surface area contributed by atoms with E-state index in [1.807, 2.05) is 0 Å². The van der Waals surface area contributed by atoms with Gasteiger partial charge in [-0.15, -0.1) is 0 Å². The Morgan fingerprint density at radius 2 is 2.09 bits per heavy atom. The van der Waals surface area contributed by atoms with Gasteiger partial charge in [0.2, 0.25) is 0 Å². The Balaban J connectivity index is 1.32. The minimum Gasteiger partial charge on any atom is -0.392 e. The monoisotopic (exact) mass is 451 g/mol. The average molecular weight is 452 g/mol. The van der Waals surface area contributed by atoms with Gasteiger partial charge in [-0.1, -0.05) is 17.3 Å². The molecule has 9 nitrogen and oxygen atoms in total. The van der Waals surface area contributed by atoms with E-state index in [2.05, 4.69) is 37.9 Å². The lowest BCUT2D eigenvalue weighted by atomic mass is 9.52. The average Bonchev–Trinajstić information content (AvgIpc) is 3.43. The number of fused-ring (bicyclic) bond motifs is 1. The lowest BCUT2D eigenvalue weighted by Crippen LogP contribution is -2.59. The van der Waals surface area contributed by atoms with Crippen LogP contribution in [0.5, 0.6) is 0 Å². The third-order valence-electron chi connectivity index (χ3n) is 7.76. The molecular weight excluding hydrogens is 422 g/mol. The zero-order valence-corrected chi connectivity index (χ0v) is 18.6. The third kappa shape index (κ3) is 3.63. The fourth-order valence-corrected chi connectivity index (χ4v) is 6.64. The molecule has 5 aliphatic rings. The highest BCUT2D eigenvalue weighted by Gasteiger charge is 2.54. The minimum absolute atomic E-state index is 0.0792. The van der Waals surface area contributed by atoms with Gasteiger partial charge < -0.3 is 25.4 Å². The molecule has 174 valence electrons. The van der Waals surface area contributed by atoms with Crippen LogP contribution in [0, 0.1) is 17.8 Å². The number of aliphatic hydroxyl groups is 2. The molecule has 9 heteroatoms. The number of nitrogens with zero attached hydrogens (tertiary/aromatic N) is 3. The molecule has 2 aromatic rings. The molecule has 4 fully saturated rings. The molecule has 2 aromatic heterocycles. The van der Waals surface area contributed by atoms with Crippen molar-refractivity contribution >= 4 is 17.7 Å². The molecule has 6 atom stereocenters. The van der Waals surface area contributed by atoms with Crippen molar-refractivity contribution in [2.24, 2.45) is 17.8 Å². The molecule has 2 heterocycles. The van der Waals surface area contributed by atoms with E-state index in [4.69, 9.17) is 4.52 Å². The first-order chi connectivity index (χ1) is 15.9. The van der Waals surface area contributed by atoms with E-state index in [-0.39, 0.29) is 24.3 Å². The summed E-state index contributed by atoms with van der Waals surface area (Å²) >= 11 is 0. The van der Waals surface area contributed by atoms with Crippen molar-refractivity contribution in [3.05, 3.63) is 29.4 Å². The van der Waals surface area contributed by atoms with Crippen LogP contribution in [0.3, 0.4) is 0 Å². The number of nitrogens with one attached hydrogen (secondary N) is 2. The van der Waals surface area contributed by atoms with E-state index >= 15 is 0 Å². The molecular formula is C24H29N5O4. The molecule has 4 saturated carbocycles. The van der Waals surface area contributed by atoms with Crippen molar-refractivity contribution in [3.63, 3.8) is 0 Å². The first-order valence-electron chi connectivity index (χ1n) is 11.9. The quantitative estimate of drug-likeness (QED) is 0.525. The standard InChI is InChI=1S/C24H29N5O4/c1-12(30)10-26-22(31)21-28-23(33-29-21)17-11-25-18-4-2-3-16(18)20(17)27-19-14-5-13-6-15(19)9-24(32,7-13)8-14/h2-3,11-15,19,30,32H,4-10H2,1H3,(H,25,27)(H,26,31)/t12?,13?,14-,15+,19?,24?. The second-order valence-corrected chi connectivity index (χ2v) is 10.4. The number of amides is 1. The molecule has 0 radical (unpaired) electrons. The molecule has 0 saturated heterocycles. The van der Waals surface area contributed by atoms with Crippen molar-refractivity contribution in [2.75, 3.05) is 11.9 Å². The molecule has 4 unspecified atom stereocenters. The van der Waals surface area contributed by atoms with E-state index in [0.29, 0.717) is 23.3 Å². The van der Waals surface area contributed by atoms with Crippen LogP contribution in [0.1, 0.15) is 60.9 Å². The van der Waals surface area contributed by atoms with Crippen LogP contribution < -0.4 is 10.6 Å². The van der Waals surface area contributed by atoms with E-state index in [0.717, 1.165) is 55.5 Å². The zero-order valence-electron chi connectivity index (χ0n) is 18.6. The van der Waals surface area contributed by atoms with Crippen LogP contribution in [-0.2, 0) is 6.42 Å². The number of carbonyl (C=O) groups excluding carboxylic acids is 1. The van der Waals surface area contributed by atoms with Crippen LogP contribution in [0.2, 0.25) is 0 Å². The number of hydrogen-bond acceptors (Lipinski definition) is 8. The van der Waals surface area contributed by atoms with E-state index in [1.165, 1.54) is 0 Å². The molecule has 4 bridgehead atoms. The topological polar surface area (TPSA) is 133 Å². The van der Waals surface area contributed by atoms with Gasteiger partial charge in [0.05, 0.1) is 28.6 Å². The Bertz CT molecular complexity index is 1110. The van der Waals surface area contributed by atoms with Gasteiger partial charge in [-0.25, -0.2) is 0 Å². The molecule has 0 aliphatic heterocycles. The molecule has 0 aromatic carbocycles. The van der Waals surface area contributed by atoms with Crippen molar-refractivity contribution in [2.45, 2.75) is 63.2 Å². The number of allylic oxidation sites excluding steroid dienone is 1. The first kappa shape index (κ1) is 20.8. The van der Waals surface area contributed by atoms with Gasteiger partial charge in [0.15, 0.2) is 0 Å². The summed E-state index contributed by atoms with van der Waals surface area (Å²) in [5, 5.41) is 30.6. The molecule has 4 N–H and O–H groups in total. The third-order valence-corrected chi connectivity index (χ3v) is 7.76. The Morgan fingerprint density at radius 1 is 1.30 bits per heavy atom. The Hall–Kier alpha value is -2.78. The lowest BCUT2D eigenvalue weighted by molar-refractivity contribution is -0.129. The minimum atomic E-state index is -0.664. The summed E-state index contributed by atoms with van der Waals surface area (Å²) in [6.45, 7) is 1.70. The van der Waals surface area contributed by atoms with Crippen molar-refractivity contribution < 1.29 is 19.5 Å². The number of rotatable bonds is 6. The molecule has 1 amide bonds. The highest BCUT2D eigenvalue weighted by molar-refractivity contribution is 5.91. The summed E-state index contributed by atoms with van der Waals surface area (Å²) in [5.41, 5.74) is 3.13. The van der Waals surface area contributed by atoms with Crippen molar-refractivity contribution in [1.29, 1.82) is 0 Å². The maximum Gasteiger partial charge on any atom is 0.292 e. The van der Waals surface area contributed by atoms with Gasteiger partial charge >= 0.3 is 0 Å². The normalized spacial score (nSPS) is 32.1. The van der Waals surface area contributed by atoms with Crippen LogP contribution in [0.4, 0.5) is 5.69 Å². The fraction of sp³-hybridized carbons (Fsp3) is 0.583. The lowest BCUT2D eigenvalue weighted by Gasteiger charge is -2.58. The van der Waals surface area contributed by atoms with Gasteiger partial charge in [-0.2, -0.15) is 4.98 Å². The summed E-state index contributed by atoms with van der Waals surface area (Å²) in [6, 6.07) is 0.276. The summed E-state index contributed by atoms with van der Waals surface area (Å²) in [4.78, 5) is 21.2. The molecule has 5 aliphatic carbocycles. The van der Waals surface area contributed by atoms with Gasteiger partial charge in [0, 0.05) is 30.8 Å². The fourth-order valence-electron chi connectivity index (χ4n) is 6.64. The van der Waals surface area contributed by atoms with Crippen LogP contribution >= 0.6 is 0 Å². The van der Waals surface area contributed by atoms with Crippen molar-refractivity contribution in [1.82, 2.24) is 20.4 Å². The maximum absolute atomic E-state index is 12.3. The van der Waals surface area contributed by atoms with Gasteiger partial charge in [0.1, 0.15) is 0 Å².